The number of rotatable bonds is 4. The summed E-state index contributed by atoms with van der Waals surface area (Å²) in [4.78, 5) is 7.69. The summed E-state index contributed by atoms with van der Waals surface area (Å²) in [5, 5.41) is 0.537. The second-order valence-electron chi connectivity index (χ2n) is 3.83. The van der Waals surface area contributed by atoms with Crippen LogP contribution in [0.4, 0.5) is 0 Å². The molecule has 5 heteroatoms. The first-order valence-electron chi connectivity index (χ1n) is 5.17. The maximum absolute atomic E-state index is 5.90. The van der Waals surface area contributed by atoms with Crippen LogP contribution in [0.5, 0.6) is 0 Å². The molecule has 0 unspecified atom stereocenters. The van der Waals surface area contributed by atoms with Gasteiger partial charge in [-0.3, -0.25) is 4.90 Å². The van der Waals surface area contributed by atoms with E-state index < -0.39 is 0 Å². The summed E-state index contributed by atoms with van der Waals surface area (Å²) in [5.41, 5.74) is 0.975. The molecule has 0 aliphatic carbocycles. The quantitative estimate of drug-likeness (QED) is 0.788. The van der Waals surface area contributed by atoms with Crippen molar-refractivity contribution in [2.24, 2.45) is 0 Å². The molecule has 2 aromatic heterocycles. The minimum atomic E-state index is 0.537. The van der Waals surface area contributed by atoms with Crippen LogP contribution < -0.4 is 0 Å². The fraction of sp³-hybridized carbons (Fsp3) is 0.250. The lowest BCUT2D eigenvalue weighted by Crippen LogP contribution is -2.17. The Kier molecular flexibility index (Phi) is 4.40. The van der Waals surface area contributed by atoms with Gasteiger partial charge in [-0.2, -0.15) is 0 Å². The van der Waals surface area contributed by atoms with Crippen molar-refractivity contribution >= 4 is 34.5 Å². The van der Waals surface area contributed by atoms with E-state index in [1.165, 1.54) is 4.88 Å². The Morgan fingerprint density at radius 2 is 2.00 bits per heavy atom. The molecule has 2 heterocycles. The average molecular weight is 287 g/mol. The lowest BCUT2D eigenvalue weighted by atomic mass is 10.3. The van der Waals surface area contributed by atoms with E-state index >= 15 is 0 Å². The number of hydrogen-bond acceptors (Lipinski definition) is 3. The van der Waals surface area contributed by atoms with Crippen LogP contribution in [0, 0.1) is 0 Å². The van der Waals surface area contributed by atoms with Crippen LogP contribution in [-0.2, 0) is 13.1 Å². The third-order valence-corrected chi connectivity index (χ3v) is 3.69. The Balaban J connectivity index is 1.95. The monoisotopic (exact) mass is 286 g/mol. The molecule has 0 amide bonds. The van der Waals surface area contributed by atoms with Crippen molar-refractivity contribution in [1.82, 2.24) is 9.88 Å². The molecule has 0 N–H and O–H groups in total. The van der Waals surface area contributed by atoms with Gasteiger partial charge in [-0.1, -0.05) is 29.3 Å². The first kappa shape index (κ1) is 12.8. The van der Waals surface area contributed by atoms with Crippen LogP contribution in [0.2, 0.25) is 9.49 Å². The summed E-state index contributed by atoms with van der Waals surface area (Å²) in [6.45, 7) is 1.64. The standard InChI is InChI=1S/C12H12Cl2N2S/c1-16(8-10-5-6-12(14)17-10)7-9-3-2-4-11(13)15-9/h2-6H,7-8H2,1H3. The van der Waals surface area contributed by atoms with E-state index in [9.17, 15) is 0 Å². The van der Waals surface area contributed by atoms with Crippen LogP contribution in [0.3, 0.4) is 0 Å². The number of pyridine rings is 1. The summed E-state index contributed by atoms with van der Waals surface area (Å²) in [6.07, 6.45) is 0. The number of nitrogens with zero attached hydrogens (tertiary/aromatic N) is 2. The van der Waals surface area contributed by atoms with Gasteiger partial charge in [0.1, 0.15) is 5.15 Å². The summed E-state index contributed by atoms with van der Waals surface area (Å²) in [5.74, 6) is 0. The number of thiophene rings is 1. The number of halogens is 2. The van der Waals surface area contributed by atoms with Gasteiger partial charge in [-0.15, -0.1) is 11.3 Å². The van der Waals surface area contributed by atoms with Crippen molar-refractivity contribution in [3.8, 4) is 0 Å². The normalized spacial score (nSPS) is 11.1. The van der Waals surface area contributed by atoms with E-state index in [-0.39, 0.29) is 0 Å². The van der Waals surface area contributed by atoms with Crippen molar-refractivity contribution in [2.45, 2.75) is 13.1 Å². The zero-order valence-corrected chi connectivity index (χ0v) is 11.7. The maximum atomic E-state index is 5.90. The number of aromatic nitrogens is 1. The smallest absolute Gasteiger partial charge is 0.129 e. The third kappa shape index (κ3) is 3.96. The molecule has 0 bridgehead atoms. The van der Waals surface area contributed by atoms with Crippen molar-refractivity contribution in [3.05, 3.63) is 50.4 Å². The second kappa shape index (κ2) is 5.83. The molecule has 0 atom stereocenters. The molecule has 0 saturated carbocycles. The predicted molar refractivity (Wildman–Crippen MR) is 73.7 cm³/mol. The van der Waals surface area contributed by atoms with Crippen molar-refractivity contribution in [2.75, 3.05) is 7.05 Å². The van der Waals surface area contributed by atoms with Gasteiger partial charge in [0.2, 0.25) is 0 Å². The fourth-order valence-corrected chi connectivity index (χ4v) is 2.92. The Morgan fingerprint density at radius 3 is 2.65 bits per heavy atom. The van der Waals surface area contributed by atoms with E-state index in [0.717, 1.165) is 23.1 Å². The van der Waals surface area contributed by atoms with Crippen LogP contribution in [0.15, 0.2) is 30.3 Å². The highest BCUT2D eigenvalue weighted by atomic mass is 35.5. The molecule has 0 aromatic carbocycles. The highest BCUT2D eigenvalue weighted by Crippen LogP contribution is 2.22. The van der Waals surface area contributed by atoms with Gasteiger partial charge < -0.3 is 0 Å². The summed E-state index contributed by atoms with van der Waals surface area (Å²) in [7, 11) is 2.05. The predicted octanol–water partition coefficient (Wildman–Crippen LogP) is 4.08. The third-order valence-electron chi connectivity index (χ3n) is 2.26. The molecule has 0 radical (unpaired) electrons. The van der Waals surface area contributed by atoms with Crippen LogP contribution in [-0.4, -0.2) is 16.9 Å². The van der Waals surface area contributed by atoms with Gasteiger partial charge in [0, 0.05) is 18.0 Å². The van der Waals surface area contributed by atoms with Crippen LogP contribution in [0.1, 0.15) is 10.6 Å². The molecule has 17 heavy (non-hydrogen) atoms. The maximum Gasteiger partial charge on any atom is 0.129 e. The molecule has 0 fully saturated rings. The lowest BCUT2D eigenvalue weighted by molar-refractivity contribution is 0.318. The van der Waals surface area contributed by atoms with Gasteiger partial charge in [0.25, 0.3) is 0 Å². The fourth-order valence-electron chi connectivity index (χ4n) is 1.57. The molecular weight excluding hydrogens is 275 g/mol. The minimum absolute atomic E-state index is 0.537. The number of hydrogen-bond donors (Lipinski definition) is 0. The summed E-state index contributed by atoms with van der Waals surface area (Å²) < 4.78 is 0.828. The van der Waals surface area contributed by atoms with Crippen molar-refractivity contribution in [1.29, 1.82) is 0 Å². The minimum Gasteiger partial charge on any atom is -0.295 e. The van der Waals surface area contributed by atoms with Gasteiger partial charge in [-0.25, -0.2) is 4.98 Å². The van der Waals surface area contributed by atoms with Gasteiger partial charge >= 0.3 is 0 Å². The Labute approximate surface area is 115 Å². The Morgan fingerprint density at radius 1 is 1.18 bits per heavy atom. The molecule has 2 nitrogen and oxygen atoms in total. The highest BCUT2D eigenvalue weighted by molar-refractivity contribution is 7.16. The van der Waals surface area contributed by atoms with E-state index in [1.807, 2.05) is 18.2 Å². The lowest BCUT2D eigenvalue weighted by Gasteiger charge is -2.14. The first-order valence-corrected chi connectivity index (χ1v) is 6.75. The molecule has 2 rings (SSSR count). The Hall–Kier alpha value is -0.610. The zero-order valence-electron chi connectivity index (χ0n) is 9.36. The highest BCUT2D eigenvalue weighted by Gasteiger charge is 2.05. The van der Waals surface area contributed by atoms with Gasteiger partial charge in [0.15, 0.2) is 0 Å². The van der Waals surface area contributed by atoms with Gasteiger partial charge in [0.05, 0.1) is 10.0 Å². The molecular formula is C12H12Cl2N2S. The van der Waals surface area contributed by atoms with E-state index in [2.05, 4.69) is 23.0 Å². The molecule has 0 spiro atoms. The Bertz CT molecular complexity index is 499. The molecule has 90 valence electrons. The molecule has 0 saturated heterocycles. The largest absolute Gasteiger partial charge is 0.295 e. The molecule has 0 aliphatic heterocycles. The SMILES string of the molecule is CN(Cc1cccc(Cl)n1)Cc1ccc(Cl)s1. The van der Waals surface area contributed by atoms with Crippen molar-refractivity contribution in [3.63, 3.8) is 0 Å². The topological polar surface area (TPSA) is 16.1 Å². The zero-order chi connectivity index (χ0) is 12.3. The van der Waals surface area contributed by atoms with E-state index in [1.54, 1.807) is 17.4 Å². The second-order valence-corrected chi connectivity index (χ2v) is 6.02. The average Bonchev–Trinajstić information content (AvgIpc) is 2.63. The van der Waals surface area contributed by atoms with Crippen LogP contribution in [0.25, 0.3) is 0 Å². The molecule has 2 aromatic rings. The molecule has 0 aliphatic rings. The van der Waals surface area contributed by atoms with Gasteiger partial charge in [-0.05, 0) is 31.3 Å². The first-order chi connectivity index (χ1) is 8.13. The van der Waals surface area contributed by atoms with E-state index in [4.69, 9.17) is 23.2 Å². The van der Waals surface area contributed by atoms with Crippen LogP contribution >= 0.6 is 34.5 Å². The summed E-state index contributed by atoms with van der Waals surface area (Å²) in [6, 6.07) is 9.65. The summed E-state index contributed by atoms with van der Waals surface area (Å²) >= 11 is 13.3. The van der Waals surface area contributed by atoms with E-state index in [0.29, 0.717) is 5.15 Å². The van der Waals surface area contributed by atoms with Crippen molar-refractivity contribution < 1.29 is 0 Å².